The molecule has 0 atom stereocenters. The van der Waals surface area contributed by atoms with E-state index in [2.05, 4.69) is 21.2 Å². The van der Waals surface area contributed by atoms with Gasteiger partial charge in [-0.1, -0.05) is 6.07 Å². The molecule has 4 nitrogen and oxygen atoms in total. The molecule has 0 unspecified atom stereocenters. The van der Waals surface area contributed by atoms with Gasteiger partial charge >= 0.3 is 0 Å². The SMILES string of the molecule is COCCOCC(=O)Nc1cc(C)ccc1Br. The second kappa shape index (κ2) is 7.42. The molecule has 0 fully saturated rings. The zero-order valence-electron chi connectivity index (χ0n) is 9.96. The van der Waals surface area contributed by atoms with E-state index >= 15 is 0 Å². The predicted octanol–water partition coefficient (Wildman–Crippen LogP) is 2.36. The second-order valence-electron chi connectivity index (χ2n) is 3.58. The van der Waals surface area contributed by atoms with Crippen molar-refractivity contribution in [3.05, 3.63) is 28.2 Å². The molecule has 1 N–H and O–H groups in total. The van der Waals surface area contributed by atoms with Crippen molar-refractivity contribution in [2.45, 2.75) is 6.92 Å². The van der Waals surface area contributed by atoms with Gasteiger partial charge in [0.15, 0.2) is 0 Å². The van der Waals surface area contributed by atoms with E-state index < -0.39 is 0 Å². The summed E-state index contributed by atoms with van der Waals surface area (Å²) < 4.78 is 10.8. The summed E-state index contributed by atoms with van der Waals surface area (Å²) in [7, 11) is 1.59. The molecule has 0 aromatic heterocycles. The smallest absolute Gasteiger partial charge is 0.250 e. The van der Waals surface area contributed by atoms with Crippen LogP contribution in [-0.2, 0) is 14.3 Å². The minimum atomic E-state index is -0.174. The number of halogens is 1. The first-order valence-electron chi connectivity index (χ1n) is 5.26. The summed E-state index contributed by atoms with van der Waals surface area (Å²) in [6.07, 6.45) is 0. The Labute approximate surface area is 109 Å². The van der Waals surface area contributed by atoms with Crippen LogP contribution in [0.3, 0.4) is 0 Å². The third-order valence-electron chi connectivity index (χ3n) is 2.06. The maximum atomic E-state index is 11.5. The number of ether oxygens (including phenoxy) is 2. The van der Waals surface area contributed by atoms with Crippen LogP contribution >= 0.6 is 15.9 Å². The first-order valence-corrected chi connectivity index (χ1v) is 6.05. The van der Waals surface area contributed by atoms with E-state index in [0.29, 0.717) is 13.2 Å². The maximum Gasteiger partial charge on any atom is 0.250 e. The third-order valence-corrected chi connectivity index (χ3v) is 2.75. The van der Waals surface area contributed by atoms with Crippen LogP contribution in [0.4, 0.5) is 5.69 Å². The Morgan fingerprint density at radius 2 is 2.18 bits per heavy atom. The highest BCUT2D eigenvalue weighted by Gasteiger charge is 2.05. The van der Waals surface area contributed by atoms with E-state index in [4.69, 9.17) is 9.47 Å². The van der Waals surface area contributed by atoms with Gasteiger partial charge in [0.05, 0.1) is 18.9 Å². The van der Waals surface area contributed by atoms with Gasteiger partial charge < -0.3 is 14.8 Å². The molecule has 94 valence electrons. The monoisotopic (exact) mass is 301 g/mol. The van der Waals surface area contributed by atoms with Crippen molar-refractivity contribution in [3.63, 3.8) is 0 Å². The first-order chi connectivity index (χ1) is 8.13. The summed E-state index contributed by atoms with van der Waals surface area (Å²) in [5.74, 6) is -0.174. The molecule has 17 heavy (non-hydrogen) atoms. The number of nitrogens with one attached hydrogen (secondary N) is 1. The van der Waals surface area contributed by atoms with Crippen molar-refractivity contribution in [2.24, 2.45) is 0 Å². The number of benzene rings is 1. The highest BCUT2D eigenvalue weighted by Crippen LogP contribution is 2.23. The number of carbonyl (C=O) groups excluding carboxylic acids is 1. The number of aryl methyl sites for hydroxylation is 1. The van der Waals surface area contributed by atoms with Gasteiger partial charge in [0.1, 0.15) is 6.61 Å². The first kappa shape index (κ1) is 14.2. The molecule has 0 saturated heterocycles. The van der Waals surface area contributed by atoms with Gasteiger partial charge in [-0.2, -0.15) is 0 Å². The molecule has 1 aromatic rings. The molecule has 0 saturated carbocycles. The van der Waals surface area contributed by atoms with Crippen LogP contribution in [0.15, 0.2) is 22.7 Å². The van der Waals surface area contributed by atoms with E-state index in [1.54, 1.807) is 7.11 Å². The predicted molar refractivity (Wildman–Crippen MR) is 70.2 cm³/mol. The van der Waals surface area contributed by atoms with Gasteiger partial charge in [-0.05, 0) is 40.5 Å². The normalized spacial score (nSPS) is 10.3. The lowest BCUT2D eigenvalue weighted by Crippen LogP contribution is -2.19. The van der Waals surface area contributed by atoms with Gasteiger partial charge in [-0.25, -0.2) is 0 Å². The Morgan fingerprint density at radius 1 is 1.41 bits per heavy atom. The Hall–Kier alpha value is -0.910. The van der Waals surface area contributed by atoms with Crippen molar-refractivity contribution < 1.29 is 14.3 Å². The largest absolute Gasteiger partial charge is 0.382 e. The van der Waals surface area contributed by atoms with Gasteiger partial charge in [-0.3, -0.25) is 4.79 Å². The number of methoxy groups -OCH3 is 1. The molecule has 0 spiro atoms. The van der Waals surface area contributed by atoms with Crippen LogP contribution in [0.2, 0.25) is 0 Å². The Kier molecular flexibility index (Phi) is 6.18. The molecule has 0 aliphatic rings. The Morgan fingerprint density at radius 3 is 2.88 bits per heavy atom. The van der Waals surface area contributed by atoms with E-state index in [9.17, 15) is 4.79 Å². The van der Waals surface area contributed by atoms with Crippen molar-refractivity contribution in [1.82, 2.24) is 0 Å². The van der Waals surface area contributed by atoms with E-state index in [-0.39, 0.29) is 12.5 Å². The molecule has 0 heterocycles. The fourth-order valence-corrected chi connectivity index (χ4v) is 1.57. The lowest BCUT2D eigenvalue weighted by Gasteiger charge is -2.08. The van der Waals surface area contributed by atoms with E-state index in [0.717, 1.165) is 15.7 Å². The van der Waals surface area contributed by atoms with Crippen molar-refractivity contribution in [1.29, 1.82) is 0 Å². The standard InChI is InChI=1S/C12H16BrNO3/c1-9-3-4-10(13)11(7-9)14-12(15)8-17-6-5-16-2/h3-4,7H,5-6,8H2,1-2H3,(H,14,15). The van der Waals surface area contributed by atoms with E-state index in [1.807, 2.05) is 25.1 Å². The summed E-state index contributed by atoms with van der Waals surface area (Å²) in [5.41, 5.74) is 1.84. The zero-order chi connectivity index (χ0) is 12.7. The maximum absolute atomic E-state index is 11.5. The molecule has 1 aromatic carbocycles. The summed E-state index contributed by atoms with van der Waals surface area (Å²) in [6, 6.07) is 5.77. The number of rotatable bonds is 6. The average Bonchev–Trinajstić information content (AvgIpc) is 2.29. The average molecular weight is 302 g/mol. The molecule has 1 rings (SSSR count). The molecular formula is C12H16BrNO3. The van der Waals surface area contributed by atoms with Crippen LogP contribution in [-0.4, -0.2) is 32.8 Å². The molecule has 0 aliphatic carbocycles. The number of hydrogen-bond donors (Lipinski definition) is 1. The topological polar surface area (TPSA) is 47.6 Å². The highest BCUT2D eigenvalue weighted by atomic mass is 79.9. The van der Waals surface area contributed by atoms with Crippen molar-refractivity contribution in [3.8, 4) is 0 Å². The van der Waals surface area contributed by atoms with Gasteiger partial charge in [0.2, 0.25) is 5.91 Å². The summed E-state index contributed by atoms with van der Waals surface area (Å²) in [6.45, 7) is 2.90. The van der Waals surface area contributed by atoms with E-state index in [1.165, 1.54) is 0 Å². The second-order valence-corrected chi connectivity index (χ2v) is 4.43. The Balaban J connectivity index is 2.42. The zero-order valence-corrected chi connectivity index (χ0v) is 11.5. The highest BCUT2D eigenvalue weighted by molar-refractivity contribution is 9.10. The summed E-state index contributed by atoms with van der Waals surface area (Å²) in [5, 5.41) is 2.78. The van der Waals surface area contributed by atoms with Gasteiger partial charge in [-0.15, -0.1) is 0 Å². The van der Waals surface area contributed by atoms with Crippen molar-refractivity contribution in [2.75, 3.05) is 32.2 Å². The lowest BCUT2D eigenvalue weighted by molar-refractivity contribution is -0.121. The fraction of sp³-hybridized carbons (Fsp3) is 0.417. The number of amides is 1. The molecule has 1 amide bonds. The minimum Gasteiger partial charge on any atom is -0.382 e. The Bertz CT molecular complexity index is 382. The number of anilines is 1. The molecular weight excluding hydrogens is 286 g/mol. The van der Waals surface area contributed by atoms with Gasteiger partial charge in [0, 0.05) is 11.6 Å². The van der Waals surface area contributed by atoms with Crippen LogP contribution in [0.5, 0.6) is 0 Å². The number of carbonyl (C=O) groups is 1. The molecule has 0 radical (unpaired) electrons. The van der Waals surface area contributed by atoms with Crippen LogP contribution in [0, 0.1) is 6.92 Å². The molecule has 0 aliphatic heterocycles. The van der Waals surface area contributed by atoms with Crippen LogP contribution < -0.4 is 5.32 Å². The molecule has 5 heteroatoms. The minimum absolute atomic E-state index is 0.0315. The number of hydrogen-bond acceptors (Lipinski definition) is 3. The fourth-order valence-electron chi connectivity index (χ4n) is 1.23. The van der Waals surface area contributed by atoms with Crippen LogP contribution in [0.1, 0.15) is 5.56 Å². The van der Waals surface area contributed by atoms with Crippen LogP contribution in [0.25, 0.3) is 0 Å². The summed E-state index contributed by atoms with van der Waals surface area (Å²) in [4.78, 5) is 11.5. The van der Waals surface area contributed by atoms with Crippen molar-refractivity contribution >= 4 is 27.5 Å². The van der Waals surface area contributed by atoms with Gasteiger partial charge in [0.25, 0.3) is 0 Å². The quantitative estimate of drug-likeness (QED) is 0.821. The summed E-state index contributed by atoms with van der Waals surface area (Å²) >= 11 is 3.38. The lowest BCUT2D eigenvalue weighted by atomic mass is 10.2. The third kappa shape index (κ3) is 5.30. The molecule has 0 bridgehead atoms.